The van der Waals surface area contributed by atoms with Gasteiger partial charge >= 0.3 is 0 Å². The number of nitrogens with zero attached hydrogens (tertiary/aromatic N) is 4. The number of hydrogen-bond acceptors (Lipinski definition) is 4. The summed E-state index contributed by atoms with van der Waals surface area (Å²) in [6.07, 6.45) is 4.89. The van der Waals surface area contributed by atoms with Gasteiger partial charge in [-0.1, -0.05) is 11.6 Å². The molecule has 0 aliphatic heterocycles. The number of aryl methyl sites for hydroxylation is 1. The first-order chi connectivity index (χ1) is 7.27. The number of halogens is 1. The summed E-state index contributed by atoms with van der Waals surface area (Å²) in [7, 11) is 1.88. The summed E-state index contributed by atoms with van der Waals surface area (Å²) in [6, 6.07) is 1.93. The van der Waals surface area contributed by atoms with Gasteiger partial charge in [-0.15, -0.1) is 0 Å². The zero-order chi connectivity index (χ0) is 10.7. The minimum atomic E-state index is 0.375. The van der Waals surface area contributed by atoms with Crippen molar-refractivity contribution in [2.45, 2.75) is 6.54 Å². The van der Waals surface area contributed by atoms with Gasteiger partial charge in [0.15, 0.2) is 11.0 Å². The lowest BCUT2D eigenvalue weighted by molar-refractivity contribution is 0.720. The Hall–Kier alpha value is -1.62. The Balaban J connectivity index is 2.06. The maximum Gasteiger partial charge on any atom is 0.171 e. The quantitative estimate of drug-likeness (QED) is 0.856. The summed E-state index contributed by atoms with van der Waals surface area (Å²) in [5.41, 5.74) is 1.05. The molecule has 0 unspecified atom stereocenters. The average molecular weight is 224 g/mol. The summed E-state index contributed by atoms with van der Waals surface area (Å²) >= 11 is 5.85. The van der Waals surface area contributed by atoms with Crippen LogP contribution in [0.1, 0.15) is 5.69 Å². The van der Waals surface area contributed by atoms with Crippen molar-refractivity contribution in [2.24, 2.45) is 7.05 Å². The number of nitrogens with one attached hydrogen (secondary N) is 1. The van der Waals surface area contributed by atoms with Crippen molar-refractivity contribution in [1.82, 2.24) is 19.7 Å². The summed E-state index contributed by atoms with van der Waals surface area (Å²) in [4.78, 5) is 7.99. The molecule has 1 N–H and O–H groups in total. The molecule has 6 heteroatoms. The highest BCUT2D eigenvalue weighted by atomic mass is 35.5. The van der Waals surface area contributed by atoms with Gasteiger partial charge in [0.1, 0.15) is 0 Å². The molecule has 2 rings (SSSR count). The number of hydrogen-bond donors (Lipinski definition) is 1. The standard InChI is InChI=1S/C9H10ClN5/c1-15-7(2-3-14-15)6-13-9-8(10)11-4-5-12-9/h2-5H,6H2,1H3,(H,12,13). The SMILES string of the molecule is Cn1nccc1CNc1nccnc1Cl. The topological polar surface area (TPSA) is 55.6 Å². The lowest BCUT2D eigenvalue weighted by atomic mass is 10.4. The Bertz CT molecular complexity index is 453. The average Bonchev–Trinajstić information content (AvgIpc) is 2.63. The zero-order valence-corrected chi connectivity index (χ0v) is 8.94. The maximum absolute atomic E-state index is 5.85. The molecule has 0 amide bonds. The molecule has 0 aliphatic rings. The van der Waals surface area contributed by atoms with Crippen LogP contribution in [0.4, 0.5) is 5.82 Å². The Morgan fingerprint density at radius 1 is 1.33 bits per heavy atom. The molecule has 78 valence electrons. The Labute approximate surface area is 92.1 Å². The van der Waals surface area contributed by atoms with Crippen LogP contribution >= 0.6 is 11.6 Å². The lowest BCUT2D eigenvalue weighted by Gasteiger charge is -2.06. The lowest BCUT2D eigenvalue weighted by Crippen LogP contribution is -2.07. The highest BCUT2D eigenvalue weighted by Gasteiger charge is 2.02. The van der Waals surface area contributed by atoms with Crippen LogP contribution in [-0.4, -0.2) is 19.7 Å². The van der Waals surface area contributed by atoms with Gasteiger partial charge in [0.2, 0.25) is 0 Å². The molecule has 15 heavy (non-hydrogen) atoms. The van der Waals surface area contributed by atoms with E-state index in [-0.39, 0.29) is 0 Å². The van der Waals surface area contributed by atoms with Crippen molar-refractivity contribution in [3.8, 4) is 0 Å². The maximum atomic E-state index is 5.85. The first-order valence-electron chi connectivity index (χ1n) is 4.44. The van der Waals surface area contributed by atoms with Crippen LogP contribution in [0.15, 0.2) is 24.7 Å². The summed E-state index contributed by atoms with van der Waals surface area (Å²) in [5, 5.41) is 7.52. The van der Waals surface area contributed by atoms with Crippen molar-refractivity contribution < 1.29 is 0 Å². The number of rotatable bonds is 3. The number of anilines is 1. The van der Waals surface area contributed by atoms with Crippen molar-refractivity contribution in [3.05, 3.63) is 35.5 Å². The predicted molar refractivity (Wildman–Crippen MR) is 57.6 cm³/mol. The second-order valence-electron chi connectivity index (χ2n) is 3.00. The molecular weight excluding hydrogens is 214 g/mol. The van der Waals surface area contributed by atoms with Gasteiger partial charge in [0.05, 0.1) is 12.2 Å². The van der Waals surface area contributed by atoms with Crippen LogP contribution in [0.25, 0.3) is 0 Å². The van der Waals surface area contributed by atoms with E-state index in [0.717, 1.165) is 5.69 Å². The monoisotopic (exact) mass is 223 g/mol. The van der Waals surface area contributed by atoms with Gasteiger partial charge in [0, 0.05) is 25.6 Å². The van der Waals surface area contributed by atoms with Gasteiger partial charge < -0.3 is 5.32 Å². The second kappa shape index (κ2) is 4.27. The molecule has 5 nitrogen and oxygen atoms in total. The van der Waals surface area contributed by atoms with Crippen LogP contribution in [0.5, 0.6) is 0 Å². The van der Waals surface area contributed by atoms with Crippen LogP contribution in [0, 0.1) is 0 Å². The largest absolute Gasteiger partial charge is 0.362 e. The Morgan fingerprint density at radius 2 is 2.13 bits per heavy atom. The molecular formula is C9H10ClN5. The molecule has 2 heterocycles. The first kappa shape index (κ1) is 9.92. The van der Waals surface area contributed by atoms with Crippen LogP contribution in [0.2, 0.25) is 5.15 Å². The fourth-order valence-electron chi connectivity index (χ4n) is 1.19. The minimum absolute atomic E-state index is 0.375. The third-order valence-corrected chi connectivity index (χ3v) is 2.29. The van der Waals surface area contributed by atoms with E-state index in [9.17, 15) is 0 Å². The minimum Gasteiger partial charge on any atom is -0.362 e. The fraction of sp³-hybridized carbons (Fsp3) is 0.222. The summed E-state index contributed by atoms with van der Waals surface area (Å²) < 4.78 is 1.79. The molecule has 0 aromatic carbocycles. The Morgan fingerprint density at radius 3 is 2.80 bits per heavy atom. The fourth-order valence-corrected chi connectivity index (χ4v) is 1.36. The first-order valence-corrected chi connectivity index (χ1v) is 4.82. The third kappa shape index (κ3) is 2.24. The molecule has 0 saturated heterocycles. The van der Waals surface area contributed by atoms with Crippen molar-refractivity contribution in [3.63, 3.8) is 0 Å². The van der Waals surface area contributed by atoms with E-state index in [0.29, 0.717) is 17.5 Å². The van der Waals surface area contributed by atoms with Crippen LogP contribution in [0.3, 0.4) is 0 Å². The van der Waals surface area contributed by atoms with E-state index < -0.39 is 0 Å². The van der Waals surface area contributed by atoms with E-state index in [2.05, 4.69) is 20.4 Å². The Kier molecular flexibility index (Phi) is 2.82. The van der Waals surface area contributed by atoms with Gasteiger partial charge in [-0.3, -0.25) is 4.68 Å². The van der Waals surface area contributed by atoms with E-state index in [1.165, 1.54) is 0 Å². The van der Waals surface area contributed by atoms with Crippen molar-refractivity contribution >= 4 is 17.4 Å². The van der Waals surface area contributed by atoms with Gasteiger partial charge in [-0.2, -0.15) is 5.10 Å². The van der Waals surface area contributed by atoms with Crippen LogP contribution < -0.4 is 5.32 Å². The molecule has 2 aromatic rings. The summed E-state index contributed by atoms with van der Waals surface area (Å²) in [6.45, 7) is 0.620. The predicted octanol–water partition coefficient (Wildman–Crippen LogP) is 1.48. The molecule has 2 aromatic heterocycles. The van der Waals surface area contributed by atoms with Crippen molar-refractivity contribution in [1.29, 1.82) is 0 Å². The van der Waals surface area contributed by atoms with Gasteiger partial charge in [0.25, 0.3) is 0 Å². The van der Waals surface area contributed by atoms with E-state index in [1.807, 2.05) is 13.1 Å². The third-order valence-electron chi connectivity index (χ3n) is 2.01. The van der Waals surface area contributed by atoms with E-state index in [1.54, 1.807) is 23.3 Å². The van der Waals surface area contributed by atoms with Gasteiger partial charge in [-0.05, 0) is 6.07 Å². The molecule has 0 saturated carbocycles. The number of aromatic nitrogens is 4. The molecule has 0 radical (unpaired) electrons. The molecule has 0 aliphatic carbocycles. The smallest absolute Gasteiger partial charge is 0.171 e. The molecule has 0 spiro atoms. The van der Waals surface area contributed by atoms with E-state index in [4.69, 9.17) is 11.6 Å². The molecule has 0 fully saturated rings. The second-order valence-corrected chi connectivity index (χ2v) is 3.35. The van der Waals surface area contributed by atoms with Crippen LogP contribution in [-0.2, 0) is 13.6 Å². The van der Waals surface area contributed by atoms with Crippen molar-refractivity contribution in [2.75, 3.05) is 5.32 Å². The molecule has 0 bridgehead atoms. The van der Waals surface area contributed by atoms with E-state index >= 15 is 0 Å². The normalized spacial score (nSPS) is 10.3. The van der Waals surface area contributed by atoms with Gasteiger partial charge in [-0.25, -0.2) is 9.97 Å². The highest BCUT2D eigenvalue weighted by Crippen LogP contribution is 2.14. The molecule has 0 atom stereocenters. The highest BCUT2D eigenvalue weighted by molar-refractivity contribution is 6.31. The zero-order valence-electron chi connectivity index (χ0n) is 8.18. The summed E-state index contributed by atoms with van der Waals surface area (Å²) in [5.74, 6) is 0.584.